The number of carboxylic acids is 1. The van der Waals surface area contributed by atoms with E-state index in [4.69, 9.17) is 17.3 Å². The highest BCUT2D eigenvalue weighted by molar-refractivity contribution is 8.26. The molecule has 1 aliphatic rings. The summed E-state index contributed by atoms with van der Waals surface area (Å²) in [6, 6.07) is 5.32. The van der Waals surface area contributed by atoms with E-state index in [0.717, 1.165) is 28.8 Å². The van der Waals surface area contributed by atoms with Crippen molar-refractivity contribution in [2.24, 2.45) is 0 Å². The van der Waals surface area contributed by atoms with Crippen LogP contribution in [0.4, 0.5) is 8.78 Å². The number of aliphatic carboxylic acids is 1. The van der Waals surface area contributed by atoms with Crippen molar-refractivity contribution in [2.45, 2.75) is 0 Å². The minimum absolute atomic E-state index is 0.184. The molecule has 0 bridgehead atoms. The van der Waals surface area contributed by atoms with E-state index in [1.165, 1.54) is 17.4 Å². The Morgan fingerprint density at radius 1 is 1.21 bits per heavy atom. The number of hydrogen-bond donors (Lipinski definition) is 2. The van der Waals surface area contributed by atoms with Gasteiger partial charge in [-0.05, 0) is 40.8 Å². The van der Waals surface area contributed by atoms with Gasteiger partial charge in [-0.15, -0.1) is 11.3 Å². The zero-order valence-corrected chi connectivity index (χ0v) is 16.9. The van der Waals surface area contributed by atoms with Crippen molar-refractivity contribution in [1.82, 2.24) is 10.2 Å². The quantitative estimate of drug-likeness (QED) is 0.515. The Bertz CT molecular complexity index is 1050. The molecule has 2 N–H and O–H groups in total. The molecule has 3 rings (SSSR count). The topological polar surface area (TPSA) is 86.7 Å². The molecule has 1 aliphatic heterocycles. The van der Waals surface area contributed by atoms with Gasteiger partial charge in [0.2, 0.25) is 5.91 Å². The first-order valence-electron chi connectivity index (χ1n) is 8.02. The second-order valence-corrected chi connectivity index (χ2v) is 8.42. The molecule has 2 aromatic rings. The maximum absolute atomic E-state index is 13.4. The van der Waals surface area contributed by atoms with Crippen molar-refractivity contribution in [1.29, 1.82) is 0 Å². The highest BCUT2D eigenvalue weighted by Crippen LogP contribution is 2.35. The molecule has 1 saturated heterocycles. The van der Waals surface area contributed by atoms with Crippen molar-refractivity contribution in [3.63, 3.8) is 0 Å². The van der Waals surface area contributed by atoms with Gasteiger partial charge in [-0.25, -0.2) is 8.78 Å². The third-order valence-corrected chi connectivity index (χ3v) is 6.02. The van der Waals surface area contributed by atoms with Crippen LogP contribution < -0.4 is 5.32 Å². The van der Waals surface area contributed by atoms with Crippen molar-refractivity contribution in [2.75, 3.05) is 13.1 Å². The lowest BCUT2D eigenvalue weighted by Crippen LogP contribution is -2.41. The van der Waals surface area contributed by atoms with Crippen LogP contribution >= 0.6 is 35.3 Å². The molecule has 2 heterocycles. The fourth-order valence-corrected chi connectivity index (χ4v) is 4.56. The smallest absolute Gasteiger partial charge is 0.322 e. The summed E-state index contributed by atoms with van der Waals surface area (Å²) in [5.41, 5.74) is 1.17. The molecule has 0 aliphatic carbocycles. The first kappa shape index (κ1) is 21.1. The summed E-state index contributed by atoms with van der Waals surface area (Å²) >= 11 is 7.46. The Kier molecular flexibility index (Phi) is 6.40. The van der Waals surface area contributed by atoms with Crippen LogP contribution in [0.1, 0.15) is 4.88 Å². The molecular weight excluding hydrogens is 442 g/mol. The molecule has 0 atom stereocenters. The first-order chi connectivity index (χ1) is 13.7. The van der Waals surface area contributed by atoms with Crippen molar-refractivity contribution < 1.29 is 28.3 Å². The Balaban J connectivity index is 1.72. The van der Waals surface area contributed by atoms with Crippen LogP contribution in [-0.4, -0.2) is 45.2 Å². The van der Waals surface area contributed by atoms with Crippen molar-refractivity contribution in [3.05, 3.63) is 51.1 Å². The Morgan fingerprint density at radius 3 is 2.66 bits per heavy atom. The fourth-order valence-electron chi connectivity index (χ4n) is 2.39. The van der Waals surface area contributed by atoms with Gasteiger partial charge in [0.15, 0.2) is 11.6 Å². The van der Waals surface area contributed by atoms with Gasteiger partial charge in [0.1, 0.15) is 17.4 Å². The molecule has 11 heteroatoms. The van der Waals surface area contributed by atoms with E-state index < -0.39 is 36.0 Å². The lowest BCUT2D eigenvalue weighted by atomic mass is 10.1. The van der Waals surface area contributed by atoms with Gasteiger partial charge in [0.25, 0.3) is 5.91 Å². The van der Waals surface area contributed by atoms with Crippen molar-refractivity contribution in [3.8, 4) is 11.1 Å². The molecule has 2 amide bonds. The fraction of sp³-hybridized carbons (Fsp3) is 0.111. The number of rotatable bonds is 6. The average molecular weight is 455 g/mol. The van der Waals surface area contributed by atoms with Crippen molar-refractivity contribution >= 4 is 63.5 Å². The van der Waals surface area contributed by atoms with E-state index >= 15 is 0 Å². The summed E-state index contributed by atoms with van der Waals surface area (Å²) in [6.07, 6.45) is 1.60. The van der Waals surface area contributed by atoms with Gasteiger partial charge in [-0.1, -0.05) is 30.0 Å². The van der Waals surface area contributed by atoms with Crippen LogP contribution in [0.5, 0.6) is 0 Å². The number of carbonyl (C=O) groups is 3. The Morgan fingerprint density at radius 2 is 1.97 bits per heavy atom. The number of thiocarbonyl (C=S) groups is 1. The zero-order valence-electron chi connectivity index (χ0n) is 14.5. The molecule has 1 aromatic heterocycles. The number of thiophene rings is 1. The van der Waals surface area contributed by atoms with Gasteiger partial charge in [-0.3, -0.25) is 19.3 Å². The van der Waals surface area contributed by atoms with E-state index in [1.807, 2.05) is 0 Å². The third-order valence-electron chi connectivity index (χ3n) is 3.76. The molecule has 1 fully saturated rings. The SMILES string of the molecule is O=C(O)CNC(=O)CN1C(=O)/C(=C/c2cc(-c3ccc(F)c(F)c3)cs2)SC1=S. The Hall–Kier alpha value is -2.63. The molecule has 0 saturated carbocycles. The predicted octanol–water partition coefficient (Wildman–Crippen LogP) is 3.10. The van der Waals surface area contributed by atoms with E-state index in [2.05, 4.69) is 5.32 Å². The third kappa shape index (κ3) is 5.05. The number of carbonyl (C=O) groups excluding carboxylic acids is 2. The maximum atomic E-state index is 13.4. The van der Waals surface area contributed by atoms with E-state index in [0.29, 0.717) is 20.9 Å². The van der Waals surface area contributed by atoms with Crippen LogP contribution in [0, 0.1) is 11.6 Å². The number of halogens is 2. The average Bonchev–Trinajstić information content (AvgIpc) is 3.23. The minimum Gasteiger partial charge on any atom is -0.480 e. The highest BCUT2D eigenvalue weighted by Gasteiger charge is 2.33. The van der Waals surface area contributed by atoms with Crippen LogP contribution in [0.3, 0.4) is 0 Å². The zero-order chi connectivity index (χ0) is 21.1. The molecule has 150 valence electrons. The molecule has 0 spiro atoms. The van der Waals surface area contributed by atoms with Gasteiger partial charge in [0.05, 0.1) is 4.91 Å². The normalized spacial score (nSPS) is 15.2. The second kappa shape index (κ2) is 8.80. The first-order valence-corrected chi connectivity index (χ1v) is 10.1. The largest absolute Gasteiger partial charge is 0.480 e. The van der Waals surface area contributed by atoms with Gasteiger partial charge < -0.3 is 10.4 Å². The summed E-state index contributed by atoms with van der Waals surface area (Å²) in [6.45, 7) is -0.925. The van der Waals surface area contributed by atoms with E-state index in [1.54, 1.807) is 17.5 Å². The summed E-state index contributed by atoms with van der Waals surface area (Å²) < 4.78 is 26.7. The lowest BCUT2D eigenvalue weighted by Gasteiger charge is -2.13. The van der Waals surface area contributed by atoms with Gasteiger partial charge in [-0.2, -0.15) is 0 Å². The van der Waals surface area contributed by atoms with Crippen LogP contribution in [0.15, 0.2) is 34.6 Å². The molecule has 0 radical (unpaired) electrons. The molecule has 6 nitrogen and oxygen atoms in total. The number of amides is 2. The molecule has 29 heavy (non-hydrogen) atoms. The van der Waals surface area contributed by atoms with E-state index in [-0.39, 0.29) is 10.9 Å². The summed E-state index contributed by atoms with van der Waals surface area (Å²) in [7, 11) is 0. The number of nitrogens with zero attached hydrogens (tertiary/aromatic N) is 1. The second-order valence-electron chi connectivity index (χ2n) is 5.80. The number of carboxylic acid groups (broad SMARTS) is 1. The monoisotopic (exact) mass is 454 g/mol. The summed E-state index contributed by atoms with van der Waals surface area (Å²) in [5.74, 6) is -4.18. The molecular formula is C18H12F2N2O4S3. The van der Waals surface area contributed by atoms with Crippen LogP contribution in [-0.2, 0) is 14.4 Å². The minimum atomic E-state index is -1.20. The molecule has 0 unspecified atom stereocenters. The number of thioether (sulfide) groups is 1. The maximum Gasteiger partial charge on any atom is 0.322 e. The number of nitrogens with one attached hydrogen (secondary N) is 1. The van der Waals surface area contributed by atoms with Gasteiger partial charge in [0, 0.05) is 4.88 Å². The standard InChI is InChI=1S/C18H12F2N2O4S3/c19-12-2-1-9(4-13(12)20)10-3-11(28-8-10)5-14-17(26)22(18(27)29-14)7-15(23)21-6-16(24)25/h1-5,8H,6-7H2,(H,21,23)(H,24,25)/b14-5-. The van der Waals surface area contributed by atoms with E-state index in [9.17, 15) is 23.2 Å². The Labute approximate surface area is 177 Å². The van der Waals surface area contributed by atoms with Crippen LogP contribution in [0.2, 0.25) is 0 Å². The number of hydrogen-bond acceptors (Lipinski definition) is 6. The van der Waals surface area contributed by atoms with Gasteiger partial charge >= 0.3 is 5.97 Å². The summed E-state index contributed by atoms with van der Waals surface area (Å²) in [4.78, 5) is 36.9. The molecule has 1 aromatic carbocycles. The predicted molar refractivity (Wildman–Crippen MR) is 110 cm³/mol. The number of benzene rings is 1. The van der Waals surface area contributed by atoms with Crippen LogP contribution in [0.25, 0.3) is 17.2 Å². The highest BCUT2D eigenvalue weighted by atomic mass is 32.2. The summed E-state index contributed by atoms with van der Waals surface area (Å²) in [5, 5.41) is 12.5. The lowest BCUT2D eigenvalue weighted by molar-refractivity contribution is -0.138.